The molecule has 0 fully saturated rings. The fraction of sp³-hybridized carbons (Fsp3) is 0.286. The van der Waals surface area contributed by atoms with Crippen molar-refractivity contribution in [2.24, 2.45) is 0 Å². The Kier molecular flexibility index (Phi) is 3.57. The van der Waals surface area contributed by atoms with E-state index in [1.54, 1.807) is 0 Å². The first-order chi connectivity index (χ1) is 8.89. The molecule has 0 aliphatic carbocycles. The summed E-state index contributed by atoms with van der Waals surface area (Å²) in [4.78, 5) is 14.9. The summed E-state index contributed by atoms with van der Waals surface area (Å²) in [5.41, 5.74) is 3.64. The van der Waals surface area contributed by atoms with E-state index >= 15 is 0 Å². The van der Waals surface area contributed by atoms with Gasteiger partial charge in [-0.25, -0.2) is 9.78 Å². The fourth-order valence-electron chi connectivity index (χ4n) is 1.86. The number of carboxylic acid groups (broad SMARTS) is 1. The Labute approximate surface area is 116 Å². The van der Waals surface area contributed by atoms with Gasteiger partial charge in [0, 0.05) is 5.69 Å². The molecule has 1 aromatic carbocycles. The molecule has 0 saturated carbocycles. The summed E-state index contributed by atoms with van der Waals surface area (Å²) in [7, 11) is 0. The number of aromatic nitrogens is 1. The van der Waals surface area contributed by atoms with E-state index < -0.39 is 5.97 Å². The third kappa shape index (κ3) is 2.93. The number of aromatic carboxylic acids is 1. The number of anilines is 2. The van der Waals surface area contributed by atoms with Crippen molar-refractivity contribution in [2.45, 2.75) is 26.2 Å². The average molecular weight is 276 g/mol. The minimum absolute atomic E-state index is 0.0162. The van der Waals surface area contributed by atoms with E-state index in [1.807, 2.05) is 24.3 Å². The molecule has 1 aromatic heterocycles. The molecule has 0 atom stereocenters. The number of nitrogens with one attached hydrogen (secondary N) is 1. The molecule has 2 aromatic rings. The zero-order chi connectivity index (χ0) is 14.0. The summed E-state index contributed by atoms with van der Waals surface area (Å²) < 4.78 is 0. The quantitative estimate of drug-likeness (QED) is 0.893. The van der Waals surface area contributed by atoms with Gasteiger partial charge in [0.25, 0.3) is 0 Å². The SMILES string of the molecule is CC(C)(C)c1ccccc1Nc1scnc1C(=O)O. The van der Waals surface area contributed by atoms with Crippen molar-refractivity contribution in [1.29, 1.82) is 0 Å². The van der Waals surface area contributed by atoms with E-state index in [0.29, 0.717) is 5.00 Å². The molecule has 1 heterocycles. The van der Waals surface area contributed by atoms with Gasteiger partial charge in [-0.15, -0.1) is 11.3 Å². The average Bonchev–Trinajstić information content (AvgIpc) is 2.76. The Morgan fingerprint density at radius 3 is 2.63 bits per heavy atom. The van der Waals surface area contributed by atoms with Crippen LogP contribution < -0.4 is 5.32 Å². The number of hydrogen-bond donors (Lipinski definition) is 2. The van der Waals surface area contributed by atoms with E-state index in [0.717, 1.165) is 11.3 Å². The first-order valence-corrected chi connectivity index (χ1v) is 6.81. The lowest BCUT2D eigenvalue weighted by Gasteiger charge is -2.23. The Morgan fingerprint density at radius 2 is 2.00 bits per heavy atom. The van der Waals surface area contributed by atoms with Crippen LogP contribution in [0, 0.1) is 0 Å². The van der Waals surface area contributed by atoms with Gasteiger partial charge in [-0.2, -0.15) is 0 Å². The number of nitrogens with zero attached hydrogens (tertiary/aromatic N) is 1. The van der Waals surface area contributed by atoms with Gasteiger partial charge >= 0.3 is 5.97 Å². The Morgan fingerprint density at radius 1 is 1.32 bits per heavy atom. The molecule has 2 N–H and O–H groups in total. The van der Waals surface area contributed by atoms with Gasteiger partial charge in [0.15, 0.2) is 5.69 Å². The van der Waals surface area contributed by atoms with Crippen molar-refractivity contribution in [3.8, 4) is 0 Å². The molecule has 0 aliphatic rings. The van der Waals surface area contributed by atoms with Gasteiger partial charge in [0.05, 0.1) is 5.51 Å². The van der Waals surface area contributed by atoms with Crippen molar-refractivity contribution in [3.63, 3.8) is 0 Å². The Balaban J connectivity index is 2.39. The predicted molar refractivity (Wildman–Crippen MR) is 77.5 cm³/mol. The second kappa shape index (κ2) is 5.01. The predicted octanol–water partition coefficient (Wildman–Crippen LogP) is 3.88. The van der Waals surface area contributed by atoms with E-state index in [4.69, 9.17) is 5.11 Å². The molecule has 0 unspecified atom stereocenters. The molecular formula is C14H16N2O2S. The van der Waals surface area contributed by atoms with Gasteiger partial charge < -0.3 is 10.4 Å². The Bertz CT molecular complexity index is 599. The van der Waals surface area contributed by atoms with Crippen LogP contribution in [-0.4, -0.2) is 16.1 Å². The minimum Gasteiger partial charge on any atom is -0.476 e. The van der Waals surface area contributed by atoms with Crippen LogP contribution in [0.5, 0.6) is 0 Å². The zero-order valence-corrected chi connectivity index (χ0v) is 11.9. The van der Waals surface area contributed by atoms with Crippen LogP contribution in [0.15, 0.2) is 29.8 Å². The maximum atomic E-state index is 11.1. The lowest BCUT2D eigenvalue weighted by molar-refractivity contribution is 0.0692. The smallest absolute Gasteiger partial charge is 0.357 e. The third-order valence-electron chi connectivity index (χ3n) is 2.75. The first-order valence-electron chi connectivity index (χ1n) is 5.93. The highest BCUT2D eigenvalue weighted by molar-refractivity contribution is 7.14. The van der Waals surface area contributed by atoms with Crippen molar-refractivity contribution < 1.29 is 9.90 Å². The number of carbonyl (C=O) groups is 1. The number of carboxylic acids is 1. The largest absolute Gasteiger partial charge is 0.476 e. The van der Waals surface area contributed by atoms with E-state index in [2.05, 4.69) is 31.1 Å². The van der Waals surface area contributed by atoms with Crippen LogP contribution in [0.25, 0.3) is 0 Å². The highest BCUT2D eigenvalue weighted by Gasteiger charge is 2.19. The van der Waals surface area contributed by atoms with Crippen LogP contribution in [0.1, 0.15) is 36.8 Å². The molecule has 0 radical (unpaired) electrons. The maximum Gasteiger partial charge on any atom is 0.357 e. The molecule has 100 valence electrons. The number of thiazole rings is 1. The summed E-state index contributed by atoms with van der Waals surface area (Å²) in [6, 6.07) is 7.91. The van der Waals surface area contributed by atoms with E-state index in [9.17, 15) is 4.79 Å². The van der Waals surface area contributed by atoms with Crippen LogP contribution >= 0.6 is 11.3 Å². The van der Waals surface area contributed by atoms with Gasteiger partial charge in [0.1, 0.15) is 5.00 Å². The Hall–Kier alpha value is -1.88. The molecule has 0 amide bonds. The van der Waals surface area contributed by atoms with Crippen LogP contribution in [0.4, 0.5) is 10.7 Å². The second-order valence-electron chi connectivity index (χ2n) is 5.26. The molecule has 2 rings (SSSR count). The van der Waals surface area contributed by atoms with Crippen LogP contribution in [0.2, 0.25) is 0 Å². The van der Waals surface area contributed by atoms with Crippen molar-refractivity contribution in [3.05, 3.63) is 41.0 Å². The second-order valence-corrected chi connectivity index (χ2v) is 6.11. The van der Waals surface area contributed by atoms with Crippen molar-refractivity contribution in [2.75, 3.05) is 5.32 Å². The van der Waals surface area contributed by atoms with Gasteiger partial charge in [-0.05, 0) is 17.0 Å². The molecular weight excluding hydrogens is 260 g/mol. The highest BCUT2D eigenvalue weighted by Crippen LogP contribution is 2.33. The van der Waals surface area contributed by atoms with Gasteiger partial charge in [0.2, 0.25) is 0 Å². The van der Waals surface area contributed by atoms with E-state index in [-0.39, 0.29) is 11.1 Å². The minimum atomic E-state index is -1.02. The summed E-state index contributed by atoms with van der Waals surface area (Å²) in [5, 5.41) is 12.8. The van der Waals surface area contributed by atoms with E-state index in [1.165, 1.54) is 16.8 Å². The molecule has 19 heavy (non-hydrogen) atoms. The maximum absolute atomic E-state index is 11.1. The molecule has 5 heteroatoms. The normalized spacial score (nSPS) is 11.3. The number of hydrogen-bond acceptors (Lipinski definition) is 4. The standard InChI is InChI=1S/C14H16N2O2S/c1-14(2,3)9-6-4-5-7-10(9)16-12-11(13(17)18)15-8-19-12/h4-8,16H,1-3H3,(H,17,18). The summed E-state index contributed by atoms with van der Waals surface area (Å²) >= 11 is 1.29. The number of rotatable bonds is 3. The zero-order valence-electron chi connectivity index (χ0n) is 11.1. The number of benzene rings is 1. The first kappa shape index (κ1) is 13.5. The molecule has 4 nitrogen and oxygen atoms in total. The van der Waals surface area contributed by atoms with Crippen molar-refractivity contribution >= 4 is 28.0 Å². The van der Waals surface area contributed by atoms with Crippen molar-refractivity contribution in [1.82, 2.24) is 4.98 Å². The topological polar surface area (TPSA) is 62.2 Å². The molecule has 0 spiro atoms. The van der Waals surface area contributed by atoms with Gasteiger partial charge in [-0.3, -0.25) is 0 Å². The lowest BCUT2D eigenvalue weighted by atomic mass is 9.86. The monoisotopic (exact) mass is 276 g/mol. The lowest BCUT2D eigenvalue weighted by Crippen LogP contribution is -2.13. The molecule has 0 aliphatic heterocycles. The molecule has 0 bridgehead atoms. The summed E-state index contributed by atoms with van der Waals surface area (Å²) in [6.45, 7) is 6.37. The molecule has 0 saturated heterocycles. The number of para-hydroxylation sites is 1. The third-order valence-corrected chi connectivity index (χ3v) is 3.50. The summed E-state index contributed by atoms with van der Waals surface area (Å²) in [6.07, 6.45) is 0. The van der Waals surface area contributed by atoms with Gasteiger partial charge in [-0.1, -0.05) is 39.0 Å². The van der Waals surface area contributed by atoms with Crippen LogP contribution in [-0.2, 0) is 5.41 Å². The highest BCUT2D eigenvalue weighted by atomic mass is 32.1. The summed E-state index contributed by atoms with van der Waals surface area (Å²) in [5.74, 6) is -1.02. The van der Waals surface area contributed by atoms with Crippen LogP contribution in [0.3, 0.4) is 0 Å². The fourth-order valence-corrected chi connectivity index (χ4v) is 2.54.